The highest BCUT2D eigenvalue weighted by Crippen LogP contribution is 2.33. The smallest absolute Gasteiger partial charge is 0.136 e. The lowest BCUT2D eigenvalue weighted by Crippen LogP contribution is -2.03. The van der Waals surface area contributed by atoms with Crippen molar-refractivity contribution in [2.45, 2.75) is 33.1 Å². The zero-order chi connectivity index (χ0) is 19.5. The number of nitrogens with zero attached hydrogens (tertiary/aromatic N) is 1. The number of ether oxygens (including phenoxy) is 2. The van der Waals surface area contributed by atoms with E-state index in [9.17, 15) is 5.26 Å². The number of nitriles is 1. The van der Waals surface area contributed by atoms with Gasteiger partial charge in [0.1, 0.15) is 11.5 Å². The van der Waals surface area contributed by atoms with Crippen molar-refractivity contribution in [3.63, 3.8) is 0 Å². The Hall–Kier alpha value is -2.20. The van der Waals surface area contributed by atoms with Gasteiger partial charge in [-0.3, -0.25) is 0 Å². The van der Waals surface area contributed by atoms with Crippen molar-refractivity contribution in [1.29, 1.82) is 5.26 Å². The molecule has 0 aromatic heterocycles. The minimum atomic E-state index is 0.512. The number of halogens is 1. The Morgan fingerprint density at radius 3 is 2.19 bits per heavy atom. The van der Waals surface area contributed by atoms with Gasteiger partial charge in [0.25, 0.3) is 0 Å². The third kappa shape index (κ3) is 6.79. The number of para-hydroxylation sites is 1. The van der Waals surface area contributed by atoms with Gasteiger partial charge in [-0.25, -0.2) is 0 Å². The predicted molar refractivity (Wildman–Crippen MR) is 118 cm³/mol. The Morgan fingerprint density at radius 1 is 1.07 bits per heavy atom. The standard InChI is InChI=1S/C22H25IN2O2/c1-3-10-26-20-13-17(14-21(22(20)23)27-11-4-2)12-18(15-24)16-25-19-8-6-5-7-9-19/h5-9,13-14,16,25H,3-4,10-12H2,1-2H3. The zero-order valence-electron chi connectivity index (χ0n) is 15.8. The maximum absolute atomic E-state index is 9.52. The van der Waals surface area contributed by atoms with E-state index in [-0.39, 0.29) is 0 Å². The van der Waals surface area contributed by atoms with Crippen LogP contribution in [0.1, 0.15) is 32.3 Å². The first-order chi connectivity index (χ1) is 13.2. The van der Waals surface area contributed by atoms with Gasteiger partial charge in [0.2, 0.25) is 0 Å². The number of nitrogens with one attached hydrogen (secondary N) is 1. The van der Waals surface area contributed by atoms with Crippen LogP contribution in [0, 0.1) is 14.9 Å². The molecule has 0 spiro atoms. The normalized spacial score (nSPS) is 11.0. The third-order valence-corrected chi connectivity index (χ3v) is 4.78. The van der Waals surface area contributed by atoms with Crippen molar-refractivity contribution >= 4 is 28.3 Å². The van der Waals surface area contributed by atoms with Crippen LogP contribution in [0.3, 0.4) is 0 Å². The molecule has 0 saturated heterocycles. The molecule has 0 aliphatic rings. The molecule has 4 nitrogen and oxygen atoms in total. The van der Waals surface area contributed by atoms with Crippen LogP contribution in [0.2, 0.25) is 0 Å². The molecule has 27 heavy (non-hydrogen) atoms. The molecule has 0 radical (unpaired) electrons. The minimum absolute atomic E-state index is 0.512. The zero-order valence-corrected chi connectivity index (χ0v) is 18.0. The van der Waals surface area contributed by atoms with E-state index < -0.39 is 0 Å². The van der Waals surface area contributed by atoms with Gasteiger partial charge in [-0.2, -0.15) is 5.26 Å². The van der Waals surface area contributed by atoms with Crippen LogP contribution in [-0.2, 0) is 6.42 Å². The van der Waals surface area contributed by atoms with Gasteiger partial charge >= 0.3 is 0 Å². The van der Waals surface area contributed by atoms with Gasteiger partial charge in [-0.15, -0.1) is 0 Å². The van der Waals surface area contributed by atoms with Crippen molar-refractivity contribution < 1.29 is 9.47 Å². The van der Waals surface area contributed by atoms with E-state index in [1.807, 2.05) is 42.5 Å². The summed E-state index contributed by atoms with van der Waals surface area (Å²) in [6.45, 7) is 5.47. The highest BCUT2D eigenvalue weighted by molar-refractivity contribution is 14.1. The van der Waals surface area contributed by atoms with E-state index >= 15 is 0 Å². The highest BCUT2D eigenvalue weighted by atomic mass is 127. The largest absolute Gasteiger partial charge is 0.492 e. The van der Waals surface area contributed by atoms with Crippen LogP contribution in [0.25, 0.3) is 0 Å². The maximum atomic E-state index is 9.52. The fourth-order valence-electron chi connectivity index (χ4n) is 2.41. The van der Waals surface area contributed by atoms with E-state index in [1.54, 1.807) is 6.20 Å². The van der Waals surface area contributed by atoms with Gasteiger partial charge in [-0.05, 0) is 65.3 Å². The van der Waals surface area contributed by atoms with Crippen molar-refractivity contribution in [3.8, 4) is 17.6 Å². The van der Waals surface area contributed by atoms with Crippen LogP contribution in [0.15, 0.2) is 54.2 Å². The Labute approximate surface area is 175 Å². The molecule has 2 aromatic rings. The van der Waals surface area contributed by atoms with Crippen LogP contribution < -0.4 is 14.8 Å². The first kappa shape index (κ1) is 21.1. The molecule has 0 bridgehead atoms. The SMILES string of the molecule is CCCOc1cc(CC(C#N)=CNc2ccccc2)cc(OCCC)c1I. The first-order valence-corrected chi connectivity index (χ1v) is 10.2. The summed E-state index contributed by atoms with van der Waals surface area (Å²) in [5.41, 5.74) is 2.59. The number of anilines is 1. The average molecular weight is 476 g/mol. The van der Waals surface area contributed by atoms with E-state index in [0.717, 1.165) is 39.2 Å². The molecule has 2 rings (SSSR count). The number of rotatable bonds is 10. The van der Waals surface area contributed by atoms with Crippen LogP contribution in [0.5, 0.6) is 11.5 Å². The van der Waals surface area contributed by atoms with Crippen molar-refractivity contribution in [1.82, 2.24) is 0 Å². The van der Waals surface area contributed by atoms with Gasteiger partial charge < -0.3 is 14.8 Å². The average Bonchev–Trinajstić information content (AvgIpc) is 2.70. The molecule has 0 saturated carbocycles. The summed E-state index contributed by atoms with van der Waals surface area (Å²) in [5, 5.41) is 12.7. The first-order valence-electron chi connectivity index (χ1n) is 9.16. The second-order valence-corrected chi connectivity index (χ2v) is 7.15. The quantitative estimate of drug-likeness (QED) is 0.341. The summed E-state index contributed by atoms with van der Waals surface area (Å²) in [6.07, 6.45) is 4.15. The molecule has 5 heteroatoms. The molecule has 0 fully saturated rings. The summed E-state index contributed by atoms with van der Waals surface area (Å²) in [4.78, 5) is 0. The lowest BCUT2D eigenvalue weighted by Gasteiger charge is -2.15. The number of hydrogen-bond acceptors (Lipinski definition) is 4. The topological polar surface area (TPSA) is 54.3 Å². The lowest BCUT2D eigenvalue weighted by molar-refractivity contribution is 0.297. The molecule has 1 N–H and O–H groups in total. The van der Waals surface area contributed by atoms with Gasteiger partial charge in [0.05, 0.1) is 22.9 Å². The monoisotopic (exact) mass is 476 g/mol. The molecule has 2 aromatic carbocycles. The highest BCUT2D eigenvalue weighted by Gasteiger charge is 2.12. The Balaban J connectivity index is 2.22. The van der Waals surface area contributed by atoms with Crippen molar-refractivity contribution in [2.75, 3.05) is 18.5 Å². The molecule has 0 amide bonds. The Kier molecular flexibility index (Phi) is 8.99. The van der Waals surface area contributed by atoms with E-state index in [1.165, 1.54) is 0 Å². The summed E-state index contributed by atoms with van der Waals surface area (Å²) >= 11 is 2.26. The van der Waals surface area contributed by atoms with E-state index in [0.29, 0.717) is 25.2 Å². The van der Waals surface area contributed by atoms with Crippen molar-refractivity contribution in [3.05, 3.63) is 63.4 Å². The van der Waals surface area contributed by atoms with Crippen LogP contribution >= 0.6 is 22.6 Å². The number of benzene rings is 2. The summed E-state index contributed by atoms with van der Waals surface area (Å²) in [6, 6.07) is 16.1. The minimum Gasteiger partial charge on any atom is -0.492 e. The van der Waals surface area contributed by atoms with Crippen molar-refractivity contribution in [2.24, 2.45) is 0 Å². The maximum Gasteiger partial charge on any atom is 0.136 e. The van der Waals surface area contributed by atoms with Gasteiger partial charge in [0.15, 0.2) is 0 Å². The summed E-state index contributed by atoms with van der Waals surface area (Å²) in [5.74, 6) is 1.63. The number of hydrogen-bond donors (Lipinski definition) is 1. The Morgan fingerprint density at radius 2 is 1.67 bits per heavy atom. The molecule has 142 valence electrons. The second-order valence-electron chi connectivity index (χ2n) is 6.07. The fraction of sp³-hybridized carbons (Fsp3) is 0.318. The molecule has 0 heterocycles. The van der Waals surface area contributed by atoms with Gasteiger partial charge in [-0.1, -0.05) is 32.0 Å². The fourth-order valence-corrected chi connectivity index (χ4v) is 3.03. The van der Waals surface area contributed by atoms with Gasteiger partial charge in [0, 0.05) is 23.9 Å². The van der Waals surface area contributed by atoms with E-state index in [4.69, 9.17) is 9.47 Å². The molecular formula is C22H25IN2O2. The molecule has 0 aliphatic carbocycles. The van der Waals surface area contributed by atoms with Crippen LogP contribution in [-0.4, -0.2) is 13.2 Å². The molecular weight excluding hydrogens is 451 g/mol. The summed E-state index contributed by atoms with van der Waals surface area (Å²) in [7, 11) is 0. The second kappa shape index (κ2) is 11.5. The van der Waals surface area contributed by atoms with Crippen LogP contribution in [0.4, 0.5) is 5.69 Å². The number of allylic oxidation sites excluding steroid dienone is 1. The lowest BCUT2D eigenvalue weighted by atomic mass is 10.1. The predicted octanol–water partition coefficient (Wildman–Crippen LogP) is 5.93. The Bertz CT molecular complexity index is 769. The molecule has 0 unspecified atom stereocenters. The van der Waals surface area contributed by atoms with E-state index in [2.05, 4.69) is 47.8 Å². The molecule has 0 atom stereocenters. The summed E-state index contributed by atoms with van der Waals surface area (Å²) < 4.78 is 12.7. The molecule has 0 aliphatic heterocycles. The third-order valence-electron chi connectivity index (χ3n) is 3.71.